The van der Waals surface area contributed by atoms with Gasteiger partial charge in [-0.2, -0.15) is 0 Å². The largest absolute Gasteiger partial charge is 0.358 e. The van der Waals surface area contributed by atoms with Crippen LogP contribution in [0, 0.1) is 17.0 Å². The molecule has 6 nitrogen and oxygen atoms in total. The van der Waals surface area contributed by atoms with Gasteiger partial charge in [0.15, 0.2) is 0 Å². The van der Waals surface area contributed by atoms with Gasteiger partial charge < -0.3 is 5.32 Å². The van der Waals surface area contributed by atoms with Crippen LogP contribution < -0.4 is 5.32 Å². The molecule has 20 heavy (non-hydrogen) atoms. The van der Waals surface area contributed by atoms with E-state index in [1.807, 2.05) is 38.1 Å². The minimum atomic E-state index is -0.588. The monoisotopic (exact) mass is 292 g/mol. The van der Waals surface area contributed by atoms with Crippen LogP contribution >= 0.6 is 11.6 Å². The van der Waals surface area contributed by atoms with E-state index in [-0.39, 0.29) is 22.7 Å². The Morgan fingerprint density at radius 3 is 2.70 bits per heavy atom. The number of hydrogen-bond acceptors (Lipinski definition) is 5. The molecule has 0 aliphatic heterocycles. The Morgan fingerprint density at radius 1 is 1.35 bits per heavy atom. The van der Waals surface area contributed by atoms with Gasteiger partial charge in [-0.05, 0) is 25.0 Å². The Hall–Kier alpha value is -2.21. The van der Waals surface area contributed by atoms with E-state index in [1.165, 1.54) is 6.33 Å². The topological polar surface area (TPSA) is 81.0 Å². The number of nitro groups is 1. The van der Waals surface area contributed by atoms with E-state index in [0.29, 0.717) is 0 Å². The van der Waals surface area contributed by atoms with Crippen molar-refractivity contribution in [3.63, 3.8) is 0 Å². The number of aryl methyl sites for hydroxylation is 1. The molecule has 1 N–H and O–H groups in total. The fourth-order valence-corrected chi connectivity index (χ4v) is 2.18. The summed E-state index contributed by atoms with van der Waals surface area (Å²) in [4.78, 5) is 18.0. The maximum Gasteiger partial charge on any atom is 0.348 e. The predicted molar refractivity (Wildman–Crippen MR) is 76.9 cm³/mol. The van der Waals surface area contributed by atoms with Crippen molar-refractivity contribution >= 4 is 23.1 Å². The highest BCUT2D eigenvalue weighted by atomic mass is 35.5. The summed E-state index contributed by atoms with van der Waals surface area (Å²) in [5, 5.41) is 13.9. The minimum absolute atomic E-state index is 0.116. The molecule has 0 saturated heterocycles. The van der Waals surface area contributed by atoms with Crippen LogP contribution in [0.25, 0.3) is 0 Å². The van der Waals surface area contributed by atoms with Gasteiger partial charge in [-0.15, -0.1) is 0 Å². The maximum absolute atomic E-state index is 11.0. The number of aromatic nitrogens is 2. The van der Waals surface area contributed by atoms with Gasteiger partial charge in [-0.3, -0.25) is 10.1 Å². The molecule has 0 bridgehead atoms. The quantitative estimate of drug-likeness (QED) is 0.530. The van der Waals surface area contributed by atoms with Crippen molar-refractivity contribution in [3.05, 3.63) is 57.0 Å². The molecule has 0 fully saturated rings. The van der Waals surface area contributed by atoms with Gasteiger partial charge in [0.05, 0.1) is 11.0 Å². The number of nitrogens with one attached hydrogen (secondary N) is 1. The summed E-state index contributed by atoms with van der Waals surface area (Å²) in [5.74, 6) is 0.116. The van der Waals surface area contributed by atoms with Gasteiger partial charge in [-0.1, -0.05) is 35.9 Å². The van der Waals surface area contributed by atoms with Crippen LogP contribution in [0.5, 0.6) is 0 Å². The molecule has 1 aromatic heterocycles. The number of halogens is 1. The van der Waals surface area contributed by atoms with Gasteiger partial charge in [0.1, 0.15) is 6.33 Å². The molecule has 2 rings (SSSR count). The molecule has 1 unspecified atom stereocenters. The molecule has 104 valence electrons. The third kappa shape index (κ3) is 2.85. The Labute approximate surface area is 121 Å². The molecule has 0 radical (unpaired) electrons. The summed E-state index contributed by atoms with van der Waals surface area (Å²) in [6.07, 6.45) is 1.20. The summed E-state index contributed by atoms with van der Waals surface area (Å²) in [6, 6.07) is 7.66. The van der Waals surface area contributed by atoms with E-state index < -0.39 is 4.92 Å². The SMILES string of the molecule is Cc1ccccc1C(C)Nc1ncnc(Cl)c1[N+](=O)[O-]. The van der Waals surface area contributed by atoms with Crippen molar-refractivity contribution in [1.82, 2.24) is 9.97 Å². The van der Waals surface area contributed by atoms with Crippen LogP contribution in [-0.4, -0.2) is 14.9 Å². The van der Waals surface area contributed by atoms with E-state index in [2.05, 4.69) is 15.3 Å². The standard InChI is InChI=1S/C13H13ClN4O2/c1-8-5-3-4-6-10(8)9(2)17-13-11(18(19)20)12(14)15-7-16-13/h3-7,9H,1-2H3,(H,15,16,17). The summed E-state index contributed by atoms with van der Waals surface area (Å²) < 4.78 is 0. The first-order valence-corrected chi connectivity index (χ1v) is 6.35. The first-order chi connectivity index (χ1) is 9.50. The number of rotatable bonds is 4. The molecule has 0 spiro atoms. The zero-order valence-electron chi connectivity index (χ0n) is 11.0. The summed E-state index contributed by atoms with van der Waals surface area (Å²) in [6.45, 7) is 3.89. The summed E-state index contributed by atoms with van der Waals surface area (Å²) in [5.41, 5.74) is 1.82. The Morgan fingerprint density at radius 2 is 2.05 bits per heavy atom. The highest BCUT2D eigenvalue weighted by Crippen LogP contribution is 2.31. The van der Waals surface area contributed by atoms with Crippen LogP contribution in [0.15, 0.2) is 30.6 Å². The van der Waals surface area contributed by atoms with Crippen LogP contribution in [0.1, 0.15) is 24.1 Å². The van der Waals surface area contributed by atoms with E-state index in [9.17, 15) is 10.1 Å². The number of benzene rings is 1. The fraction of sp³-hybridized carbons (Fsp3) is 0.231. The first-order valence-electron chi connectivity index (χ1n) is 5.97. The second-order valence-electron chi connectivity index (χ2n) is 4.34. The van der Waals surface area contributed by atoms with E-state index >= 15 is 0 Å². The van der Waals surface area contributed by atoms with Crippen LogP contribution in [0.4, 0.5) is 11.5 Å². The lowest BCUT2D eigenvalue weighted by atomic mass is 10.0. The van der Waals surface area contributed by atoms with Crippen molar-refractivity contribution in [3.8, 4) is 0 Å². The second kappa shape index (κ2) is 5.83. The molecule has 1 atom stereocenters. The normalized spacial score (nSPS) is 11.9. The van der Waals surface area contributed by atoms with E-state index in [1.54, 1.807) is 0 Å². The van der Waals surface area contributed by atoms with Crippen molar-refractivity contribution in [2.75, 3.05) is 5.32 Å². The third-order valence-electron chi connectivity index (χ3n) is 2.97. The molecule has 0 amide bonds. The van der Waals surface area contributed by atoms with Crippen molar-refractivity contribution < 1.29 is 4.92 Å². The second-order valence-corrected chi connectivity index (χ2v) is 4.70. The van der Waals surface area contributed by atoms with Crippen LogP contribution in [0.2, 0.25) is 5.15 Å². The van der Waals surface area contributed by atoms with E-state index in [0.717, 1.165) is 11.1 Å². The lowest BCUT2D eigenvalue weighted by Gasteiger charge is -2.16. The van der Waals surface area contributed by atoms with Crippen LogP contribution in [0.3, 0.4) is 0 Å². The van der Waals surface area contributed by atoms with Gasteiger partial charge in [0, 0.05) is 0 Å². The summed E-state index contributed by atoms with van der Waals surface area (Å²) >= 11 is 5.75. The number of nitrogens with zero attached hydrogens (tertiary/aromatic N) is 3. The van der Waals surface area contributed by atoms with Crippen LogP contribution in [-0.2, 0) is 0 Å². The highest BCUT2D eigenvalue weighted by Gasteiger charge is 2.23. The molecule has 2 aromatic rings. The average molecular weight is 293 g/mol. The van der Waals surface area contributed by atoms with Crippen molar-refractivity contribution in [1.29, 1.82) is 0 Å². The summed E-state index contributed by atoms with van der Waals surface area (Å²) in [7, 11) is 0. The molecular formula is C13H13ClN4O2. The lowest BCUT2D eigenvalue weighted by molar-refractivity contribution is -0.384. The Bertz CT molecular complexity index is 648. The molecule has 7 heteroatoms. The molecule has 0 aliphatic rings. The smallest absolute Gasteiger partial charge is 0.348 e. The van der Waals surface area contributed by atoms with Crippen molar-refractivity contribution in [2.24, 2.45) is 0 Å². The van der Waals surface area contributed by atoms with Gasteiger partial charge >= 0.3 is 5.69 Å². The number of hydrogen-bond donors (Lipinski definition) is 1. The maximum atomic E-state index is 11.0. The average Bonchev–Trinajstić information content (AvgIpc) is 2.38. The minimum Gasteiger partial charge on any atom is -0.358 e. The van der Waals surface area contributed by atoms with Gasteiger partial charge in [0.25, 0.3) is 0 Å². The molecule has 1 aromatic carbocycles. The molecular weight excluding hydrogens is 280 g/mol. The zero-order chi connectivity index (χ0) is 14.7. The van der Waals surface area contributed by atoms with Gasteiger partial charge in [-0.25, -0.2) is 9.97 Å². The molecule has 1 heterocycles. The Kier molecular flexibility index (Phi) is 4.14. The van der Waals surface area contributed by atoms with E-state index in [4.69, 9.17) is 11.6 Å². The lowest BCUT2D eigenvalue weighted by Crippen LogP contribution is -2.11. The third-order valence-corrected chi connectivity index (χ3v) is 3.24. The number of anilines is 1. The Balaban J connectivity index is 2.33. The van der Waals surface area contributed by atoms with Gasteiger partial charge in [0.2, 0.25) is 11.0 Å². The predicted octanol–water partition coefficient (Wildman–Crippen LogP) is 3.52. The first kappa shape index (κ1) is 14.2. The fourth-order valence-electron chi connectivity index (χ4n) is 1.98. The van der Waals surface area contributed by atoms with Crippen molar-refractivity contribution in [2.45, 2.75) is 19.9 Å². The molecule has 0 saturated carbocycles. The zero-order valence-corrected chi connectivity index (χ0v) is 11.8. The molecule has 0 aliphatic carbocycles. The highest BCUT2D eigenvalue weighted by molar-refractivity contribution is 6.31.